The number of hydrogen-bond acceptors (Lipinski definition) is 15. The number of likely N-dealkylation sites (N-methyl/N-ethyl adjacent to an activating group) is 1. The zero-order valence-electron chi connectivity index (χ0n) is 45.5. The average molecular weight is 1280 g/mol. The van der Waals surface area contributed by atoms with Crippen LogP contribution in [0.1, 0.15) is 54.7 Å². The molecule has 0 spiro atoms. The summed E-state index contributed by atoms with van der Waals surface area (Å²) in [6, 6.07) is 26.0. The number of hydrogen-bond donors (Lipinski definition) is 12. The van der Waals surface area contributed by atoms with Gasteiger partial charge in [-0.25, -0.2) is 15.0 Å². The highest BCUT2D eigenvalue weighted by molar-refractivity contribution is 14.1. The van der Waals surface area contributed by atoms with E-state index in [1.165, 1.54) is 41.4 Å². The van der Waals surface area contributed by atoms with Crippen LogP contribution in [0.5, 0.6) is 5.75 Å². The van der Waals surface area contributed by atoms with Crippen LogP contribution in [0, 0.1) is 0 Å². The molecular formula is C56H68IN11O12S2. The monoisotopic (exact) mass is 1280 g/mol. The number of carbonyl (C=O) groups excluding carboxylic acids is 8. The van der Waals surface area contributed by atoms with Crippen LogP contribution in [0.15, 0.2) is 127 Å². The van der Waals surface area contributed by atoms with Gasteiger partial charge in [0.1, 0.15) is 42.0 Å². The number of rotatable bonds is 28. The Kier molecular flexibility index (Phi) is 24.8. The second-order valence-electron chi connectivity index (χ2n) is 20.0. The molecule has 5 aromatic rings. The smallest absolute Gasteiger partial charge is 0.327 e. The standard InChI is InChI=1S/C56H68IN11O12S2/c1-32(69)45(66-59)52(76)62-41(27-34-16-10-7-11-17-34)49(73)63-44(54(78)79)31-82-81-30-43(64-55(80)68(57)56(2,3)4)51(75)61-40(26-33-14-8-6-9-15-33)48(72)60-42(28-35-20-24-39(70)25-21-35)50(74)65-47(46(58)71)67(5)53(77)38-23-22-36-18-12-13-19-37(36)29-38/h6-25,29,32,40-45,47,66,69-70H,26-28,30-31,59H2,1-5H3,(H2,58,71)(H,60,72)(H,61,75)(H,62,76)(H,63,73)(H,64,80)(H,65,74)(H,78,79)/t32?,40-,41-,42-,43+,44-,45-,47+/m0/s1. The van der Waals surface area contributed by atoms with Gasteiger partial charge in [-0.15, -0.1) is 0 Å². The van der Waals surface area contributed by atoms with E-state index in [1.54, 1.807) is 129 Å². The summed E-state index contributed by atoms with van der Waals surface area (Å²) in [4.78, 5) is 125. The van der Waals surface area contributed by atoms with Crippen LogP contribution in [-0.4, -0.2) is 149 Å². The molecule has 8 atom stereocenters. The van der Waals surface area contributed by atoms with Gasteiger partial charge in [-0.3, -0.25) is 42.5 Å². The summed E-state index contributed by atoms with van der Waals surface area (Å²) in [6.07, 6.45) is -3.39. The van der Waals surface area contributed by atoms with Crippen molar-refractivity contribution in [2.75, 3.05) is 18.6 Å². The number of fused-ring (bicyclic) bond motifs is 1. The van der Waals surface area contributed by atoms with E-state index in [1.807, 2.05) is 18.2 Å². The van der Waals surface area contributed by atoms with Crippen molar-refractivity contribution in [3.8, 4) is 5.75 Å². The number of nitrogens with zero attached hydrogens (tertiary/aromatic N) is 2. The minimum absolute atomic E-state index is 0.0545. The van der Waals surface area contributed by atoms with E-state index in [-0.39, 0.29) is 42.1 Å². The number of nitrogens with two attached hydrogens (primary N) is 2. The topological polar surface area (TPSA) is 357 Å². The van der Waals surface area contributed by atoms with Gasteiger partial charge in [-0.2, -0.15) is 0 Å². The fraction of sp³-hybridized carbons (Fsp3) is 0.339. The van der Waals surface area contributed by atoms with E-state index in [9.17, 15) is 58.5 Å². The second kappa shape index (κ2) is 31.1. The van der Waals surface area contributed by atoms with Gasteiger partial charge in [-0.05, 0) is 79.4 Å². The molecule has 0 aliphatic rings. The number of aliphatic hydroxyl groups is 1. The molecule has 0 radical (unpaired) electrons. The normalized spacial score (nSPS) is 14.2. The molecule has 438 valence electrons. The predicted octanol–water partition coefficient (Wildman–Crippen LogP) is 2.42. The van der Waals surface area contributed by atoms with E-state index >= 15 is 0 Å². The summed E-state index contributed by atoms with van der Waals surface area (Å²) in [5.41, 5.74) is 9.11. The first kappa shape index (κ1) is 65.3. The van der Waals surface area contributed by atoms with E-state index in [4.69, 9.17) is 11.6 Å². The number of carboxylic acids is 1. The van der Waals surface area contributed by atoms with E-state index < -0.39 is 107 Å². The molecule has 0 bridgehead atoms. The Morgan fingerprint density at radius 2 is 1.02 bits per heavy atom. The molecular weight excluding hydrogens is 1210 g/mol. The summed E-state index contributed by atoms with van der Waals surface area (Å²) in [5.74, 6) is -2.64. The van der Waals surface area contributed by atoms with Gasteiger partial charge in [0.25, 0.3) is 11.8 Å². The molecule has 9 amide bonds. The predicted molar refractivity (Wildman–Crippen MR) is 320 cm³/mol. The number of urea groups is 1. The fourth-order valence-electron chi connectivity index (χ4n) is 8.05. The third-order valence-corrected chi connectivity index (χ3v) is 16.9. The van der Waals surface area contributed by atoms with Crippen molar-refractivity contribution < 1.29 is 58.5 Å². The third-order valence-electron chi connectivity index (χ3n) is 12.6. The maximum absolute atomic E-state index is 14.7. The van der Waals surface area contributed by atoms with E-state index in [2.05, 4.69) is 37.3 Å². The van der Waals surface area contributed by atoms with Gasteiger partial charge >= 0.3 is 12.0 Å². The highest BCUT2D eigenvalue weighted by atomic mass is 127. The van der Waals surface area contributed by atoms with Crippen LogP contribution in [0.3, 0.4) is 0 Å². The number of nitrogens with one attached hydrogen (secondary N) is 7. The van der Waals surface area contributed by atoms with Gasteiger partial charge in [-0.1, -0.05) is 125 Å². The van der Waals surface area contributed by atoms with E-state index in [0.29, 0.717) is 16.7 Å². The third kappa shape index (κ3) is 19.6. The van der Waals surface area contributed by atoms with Crippen molar-refractivity contribution in [2.24, 2.45) is 11.6 Å². The maximum Gasteiger partial charge on any atom is 0.327 e. The molecule has 0 saturated carbocycles. The summed E-state index contributed by atoms with van der Waals surface area (Å²) in [7, 11) is 3.19. The average Bonchev–Trinajstić information content (AvgIpc) is 3.49. The Morgan fingerprint density at radius 1 is 0.585 bits per heavy atom. The van der Waals surface area contributed by atoms with Gasteiger partial charge in [0, 0.05) is 48.9 Å². The van der Waals surface area contributed by atoms with Crippen molar-refractivity contribution >= 4 is 109 Å². The number of carbonyl (C=O) groups is 9. The lowest BCUT2D eigenvalue weighted by Gasteiger charge is -2.31. The number of phenolic OH excluding ortho intramolecular Hbond substituents is 1. The van der Waals surface area contributed by atoms with Crippen LogP contribution in [0.2, 0.25) is 0 Å². The molecule has 0 saturated heterocycles. The number of phenols is 1. The number of carboxylic acid groups (broad SMARTS) is 1. The lowest BCUT2D eigenvalue weighted by Crippen LogP contribution is -2.62. The molecule has 0 heterocycles. The number of halogens is 1. The molecule has 0 aliphatic carbocycles. The number of aromatic hydroxyl groups is 1. The SMILES string of the molecule is CC(O)[C@H](NN)C(=O)N[C@@H](Cc1ccccc1)C(=O)N[C@@H](CSSC[C@@H](NC(=O)N(I)C(C)(C)C)C(=O)N[C@@H](Cc1ccccc1)C(=O)N[C@@H](Cc1ccc(O)cc1)C(=O)N[C@@H](C(N)=O)N(C)C(=O)c1ccc2ccccc2c1)C(=O)O. The van der Waals surface area contributed by atoms with Crippen LogP contribution >= 0.6 is 44.5 Å². The zero-order chi connectivity index (χ0) is 60.3. The summed E-state index contributed by atoms with van der Waals surface area (Å²) in [6.45, 7) is 6.59. The van der Waals surface area contributed by atoms with Crippen LogP contribution in [0.4, 0.5) is 4.79 Å². The maximum atomic E-state index is 14.7. The summed E-state index contributed by atoms with van der Waals surface area (Å²) >= 11 is 1.79. The number of amides is 9. The first-order valence-corrected chi connectivity index (χ1v) is 29.1. The Labute approximate surface area is 496 Å². The highest BCUT2D eigenvalue weighted by Gasteiger charge is 2.36. The summed E-state index contributed by atoms with van der Waals surface area (Å²) in [5, 5.41) is 47.6. The van der Waals surface area contributed by atoms with Crippen LogP contribution < -0.4 is 48.9 Å². The molecule has 26 heteroatoms. The Bertz CT molecular complexity index is 3030. The quantitative estimate of drug-likeness (QED) is 0.00651. The second-order valence-corrected chi connectivity index (χ2v) is 23.5. The number of hydrazine groups is 1. The molecule has 82 heavy (non-hydrogen) atoms. The molecule has 5 aromatic carbocycles. The van der Waals surface area contributed by atoms with Gasteiger partial charge in [0.15, 0.2) is 6.17 Å². The first-order valence-electron chi connectivity index (χ1n) is 25.7. The van der Waals surface area contributed by atoms with Gasteiger partial charge in [0.05, 0.1) is 29.0 Å². The van der Waals surface area contributed by atoms with Crippen molar-refractivity contribution in [3.05, 3.63) is 150 Å². The largest absolute Gasteiger partial charge is 0.508 e. The Morgan fingerprint density at radius 3 is 1.50 bits per heavy atom. The van der Waals surface area contributed by atoms with Crippen LogP contribution in [0.25, 0.3) is 10.8 Å². The Hall–Kier alpha value is -7.50. The van der Waals surface area contributed by atoms with Crippen molar-refractivity contribution in [3.63, 3.8) is 0 Å². The summed E-state index contributed by atoms with van der Waals surface area (Å²) < 4.78 is 1.32. The molecule has 23 nitrogen and oxygen atoms in total. The van der Waals surface area contributed by atoms with Crippen LogP contribution in [-0.2, 0) is 52.8 Å². The van der Waals surface area contributed by atoms with E-state index in [0.717, 1.165) is 37.3 Å². The zero-order valence-corrected chi connectivity index (χ0v) is 49.3. The molecule has 1 unspecified atom stereocenters. The lowest BCUT2D eigenvalue weighted by atomic mass is 10.0. The van der Waals surface area contributed by atoms with Crippen molar-refractivity contribution in [2.45, 2.75) is 101 Å². The lowest BCUT2D eigenvalue weighted by molar-refractivity contribution is -0.141. The van der Waals surface area contributed by atoms with Crippen molar-refractivity contribution in [1.82, 2.24) is 45.3 Å². The first-order chi connectivity index (χ1) is 38.9. The molecule has 14 N–H and O–H groups in total. The molecule has 0 aliphatic heterocycles. The van der Waals surface area contributed by atoms with Gasteiger partial charge < -0.3 is 57.9 Å². The molecule has 0 aromatic heterocycles. The van der Waals surface area contributed by atoms with Gasteiger partial charge in [0.2, 0.25) is 29.5 Å². The number of aliphatic carboxylic acids is 1. The number of aliphatic hydroxyl groups excluding tert-OH is 1. The molecule has 0 fully saturated rings. The molecule has 5 rings (SSSR count). The Balaban J connectivity index is 1.38. The minimum Gasteiger partial charge on any atom is -0.508 e. The number of benzene rings is 5. The minimum atomic E-state index is -1.72. The van der Waals surface area contributed by atoms with Crippen molar-refractivity contribution in [1.29, 1.82) is 0 Å². The fourth-order valence-corrected chi connectivity index (χ4v) is 10.5. The number of primary amides is 1. The highest BCUT2D eigenvalue weighted by Crippen LogP contribution is 2.25.